The first-order valence-corrected chi connectivity index (χ1v) is 2.70. The van der Waals surface area contributed by atoms with Gasteiger partial charge in [0.1, 0.15) is 0 Å². The Morgan fingerprint density at radius 3 is 2.09 bits per heavy atom. The maximum absolute atomic E-state index is 9.86. The molecule has 1 atom stereocenters. The van der Waals surface area contributed by atoms with Crippen LogP contribution in [0.1, 0.15) is 12.8 Å². The molecule has 0 heterocycles. The first kappa shape index (κ1) is 13.1. The summed E-state index contributed by atoms with van der Waals surface area (Å²) >= 11 is 0. The first-order valence-electron chi connectivity index (χ1n) is 2.70. The molecule has 0 rings (SSSR count). The van der Waals surface area contributed by atoms with Gasteiger partial charge in [-0.2, -0.15) is 0 Å². The second-order valence-electron chi connectivity index (χ2n) is 1.84. The number of hydrogen-bond donors (Lipinski definition) is 1. The number of carbonyl (C=O) groups is 2. The minimum absolute atomic E-state index is 0. The smallest absolute Gasteiger partial charge is 0.550 e. The zero-order valence-corrected chi connectivity index (χ0v) is 8.88. The van der Waals surface area contributed by atoms with Gasteiger partial charge in [-0.3, -0.25) is 0 Å². The molecule has 0 radical (unpaired) electrons. The van der Waals surface area contributed by atoms with Gasteiger partial charge < -0.3 is 25.5 Å². The van der Waals surface area contributed by atoms with Gasteiger partial charge >= 0.3 is 19.5 Å². The Hall–Kier alpha value is -0.477. The Bertz CT molecular complexity index is 149. The Morgan fingerprint density at radius 1 is 1.36 bits per heavy atom. The number of hydrogen-bond acceptors (Lipinski definition) is 5. The van der Waals surface area contributed by atoms with Crippen LogP contribution in [0.15, 0.2) is 0 Å². The Labute approximate surface area is 76.3 Å². The molecule has 11 heavy (non-hydrogen) atoms. The molecule has 0 spiro atoms. The summed E-state index contributed by atoms with van der Waals surface area (Å²) in [6.45, 7) is 0. The summed E-state index contributed by atoms with van der Waals surface area (Å²) in [5.74, 6) is -2.75. The van der Waals surface area contributed by atoms with Crippen LogP contribution in [0, 0.1) is 0 Å². The van der Waals surface area contributed by atoms with Crippen LogP contribution in [-0.4, -0.2) is 18.0 Å². The number of carboxylic acid groups (broad SMARTS) is 2. The van der Waals surface area contributed by atoms with Crippen molar-refractivity contribution in [3.8, 4) is 0 Å². The molecule has 58 valence electrons. The molecule has 0 aliphatic carbocycles. The molecule has 2 N–H and O–H groups in total. The Morgan fingerprint density at radius 2 is 1.82 bits per heavy atom. The van der Waals surface area contributed by atoms with E-state index in [1.165, 1.54) is 0 Å². The van der Waals surface area contributed by atoms with Crippen molar-refractivity contribution in [2.75, 3.05) is 0 Å². The van der Waals surface area contributed by atoms with Crippen molar-refractivity contribution in [1.82, 2.24) is 0 Å². The van der Waals surface area contributed by atoms with Crippen molar-refractivity contribution < 1.29 is 39.3 Å². The third kappa shape index (κ3) is 7.42. The number of carboxylic acids is 2. The van der Waals surface area contributed by atoms with Gasteiger partial charge in [0.25, 0.3) is 0 Å². The van der Waals surface area contributed by atoms with Crippen molar-refractivity contribution in [2.45, 2.75) is 18.9 Å². The third-order valence-electron chi connectivity index (χ3n) is 0.962. The second-order valence-corrected chi connectivity index (χ2v) is 1.84. The maximum atomic E-state index is 9.86. The van der Waals surface area contributed by atoms with E-state index in [4.69, 9.17) is 5.73 Å². The van der Waals surface area contributed by atoms with Crippen LogP contribution in [0.4, 0.5) is 0 Å². The number of carbonyl (C=O) groups excluding carboxylic acids is 2. The average Bonchev–Trinajstić information content (AvgIpc) is 1.82. The molecular formula is C5H7NO4Zn. The molecule has 0 aromatic carbocycles. The maximum Gasteiger partial charge on any atom is 2.00 e. The van der Waals surface area contributed by atoms with Gasteiger partial charge in [0.2, 0.25) is 0 Å². The molecule has 1 unspecified atom stereocenters. The summed E-state index contributed by atoms with van der Waals surface area (Å²) in [6, 6.07) is -1.21. The normalized spacial score (nSPS) is 11.4. The predicted octanol–water partition coefficient (Wildman–Crippen LogP) is -3.41. The number of rotatable bonds is 4. The van der Waals surface area contributed by atoms with Crippen molar-refractivity contribution in [3.05, 3.63) is 0 Å². The monoisotopic (exact) mass is 209 g/mol. The van der Waals surface area contributed by atoms with Crippen molar-refractivity contribution in [2.24, 2.45) is 5.73 Å². The summed E-state index contributed by atoms with van der Waals surface area (Å²) in [6.07, 6.45) is -0.500. The van der Waals surface area contributed by atoms with Crippen LogP contribution in [0.2, 0.25) is 0 Å². The molecule has 0 fully saturated rings. The molecule has 0 bridgehead atoms. The summed E-state index contributed by atoms with van der Waals surface area (Å²) in [7, 11) is 0. The molecular weight excluding hydrogens is 203 g/mol. The quantitative estimate of drug-likeness (QED) is 0.487. The summed E-state index contributed by atoms with van der Waals surface area (Å²) < 4.78 is 0. The zero-order valence-electron chi connectivity index (χ0n) is 5.91. The molecule has 0 aromatic heterocycles. The van der Waals surface area contributed by atoms with Crippen molar-refractivity contribution in [3.63, 3.8) is 0 Å². The third-order valence-corrected chi connectivity index (χ3v) is 0.962. The Balaban J connectivity index is 0. The van der Waals surface area contributed by atoms with E-state index in [0.29, 0.717) is 0 Å². The molecule has 0 amide bonds. The zero-order chi connectivity index (χ0) is 8.15. The van der Waals surface area contributed by atoms with Crippen LogP contribution in [-0.2, 0) is 29.1 Å². The van der Waals surface area contributed by atoms with Crippen molar-refractivity contribution in [1.29, 1.82) is 0 Å². The minimum Gasteiger partial charge on any atom is -0.550 e. The molecule has 0 aromatic rings. The van der Waals surface area contributed by atoms with Gasteiger partial charge in [0.05, 0.1) is 5.97 Å². The second kappa shape index (κ2) is 6.25. The minimum atomic E-state index is -1.44. The van der Waals surface area contributed by atoms with Crippen molar-refractivity contribution >= 4 is 11.9 Å². The van der Waals surface area contributed by atoms with Gasteiger partial charge in [0, 0.05) is 12.0 Å². The van der Waals surface area contributed by atoms with E-state index < -0.39 is 18.0 Å². The SMILES string of the molecule is NC(CCC(=O)[O-])C(=O)[O-].[Zn+2]. The van der Waals surface area contributed by atoms with E-state index >= 15 is 0 Å². The van der Waals surface area contributed by atoms with E-state index in [2.05, 4.69) is 0 Å². The van der Waals surface area contributed by atoms with E-state index in [-0.39, 0.29) is 32.3 Å². The number of aliphatic carboxylic acids is 2. The van der Waals surface area contributed by atoms with Gasteiger partial charge in [-0.05, 0) is 12.8 Å². The van der Waals surface area contributed by atoms with Crippen LogP contribution in [0.3, 0.4) is 0 Å². The van der Waals surface area contributed by atoms with E-state index in [0.717, 1.165) is 0 Å². The van der Waals surface area contributed by atoms with Gasteiger partial charge in [-0.1, -0.05) is 0 Å². The van der Waals surface area contributed by atoms with Gasteiger partial charge in [-0.25, -0.2) is 0 Å². The van der Waals surface area contributed by atoms with E-state index in [1.54, 1.807) is 0 Å². The van der Waals surface area contributed by atoms with E-state index in [9.17, 15) is 19.8 Å². The molecule has 0 saturated heterocycles. The topological polar surface area (TPSA) is 106 Å². The fraction of sp³-hybridized carbons (Fsp3) is 0.600. The van der Waals surface area contributed by atoms with E-state index in [1.807, 2.05) is 0 Å². The fourth-order valence-corrected chi connectivity index (χ4v) is 0.391. The average molecular weight is 211 g/mol. The first-order chi connectivity index (χ1) is 4.54. The fourth-order valence-electron chi connectivity index (χ4n) is 0.391. The molecule has 5 nitrogen and oxygen atoms in total. The Kier molecular flexibility index (Phi) is 7.46. The van der Waals surface area contributed by atoms with Gasteiger partial charge in [0.15, 0.2) is 0 Å². The molecule has 0 aliphatic rings. The summed E-state index contributed by atoms with van der Waals surface area (Å²) in [4.78, 5) is 19.6. The molecule has 0 aliphatic heterocycles. The summed E-state index contributed by atoms with van der Waals surface area (Å²) in [5.41, 5.74) is 4.91. The van der Waals surface area contributed by atoms with Gasteiger partial charge in [-0.15, -0.1) is 0 Å². The van der Waals surface area contributed by atoms with Crippen LogP contribution >= 0.6 is 0 Å². The van der Waals surface area contributed by atoms with Crippen LogP contribution < -0.4 is 15.9 Å². The van der Waals surface area contributed by atoms with Crippen LogP contribution in [0.25, 0.3) is 0 Å². The molecule has 6 heteroatoms. The van der Waals surface area contributed by atoms with Crippen LogP contribution in [0.5, 0.6) is 0 Å². The predicted molar refractivity (Wildman–Crippen MR) is 27.2 cm³/mol. The summed E-state index contributed by atoms with van der Waals surface area (Å²) in [5, 5.41) is 19.6. The molecule has 0 saturated carbocycles. The largest absolute Gasteiger partial charge is 2.00 e. The standard InChI is InChI=1S/C5H9NO4.Zn/c6-3(5(9)10)1-2-4(7)8;/h3H,1-2,6H2,(H,7,8)(H,9,10);/q;+2/p-2. The number of nitrogens with two attached hydrogens (primary N) is 1.